The second-order valence-corrected chi connectivity index (χ2v) is 11.6. The van der Waals surface area contributed by atoms with Crippen molar-refractivity contribution in [2.24, 2.45) is 5.41 Å². The molecular formula is C30H48N2O11. The van der Waals surface area contributed by atoms with Crippen LogP contribution < -0.4 is 10.6 Å². The Morgan fingerprint density at radius 2 is 1.37 bits per heavy atom. The zero-order valence-electron chi connectivity index (χ0n) is 26.1. The monoisotopic (exact) mass is 612 g/mol. The number of rotatable bonds is 20. The Bertz CT molecular complexity index is 975. The second kappa shape index (κ2) is 19.8. The van der Waals surface area contributed by atoms with Crippen molar-refractivity contribution in [3.63, 3.8) is 0 Å². The van der Waals surface area contributed by atoms with Gasteiger partial charge in [0.25, 0.3) is 0 Å². The molecule has 43 heavy (non-hydrogen) atoms. The minimum absolute atomic E-state index is 0.0432. The zero-order chi connectivity index (χ0) is 32.3. The number of carbonyl (C=O) groups excluding carboxylic acids is 3. The Morgan fingerprint density at radius 1 is 0.814 bits per heavy atom. The first-order valence-corrected chi connectivity index (χ1v) is 14.2. The van der Waals surface area contributed by atoms with Crippen LogP contribution in [0.15, 0.2) is 30.3 Å². The van der Waals surface area contributed by atoms with Crippen molar-refractivity contribution in [2.75, 3.05) is 52.8 Å². The third-order valence-corrected chi connectivity index (χ3v) is 5.43. The highest BCUT2D eigenvalue weighted by molar-refractivity contribution is 5.89. The molecule has 1 aromatic carbocycles. The molecule has 0 heterocycles. The van der Waals surface area contributed by atoms with Crippen molar-refractivity contribution < 1.29 is 52.7 Å². The molecule has 244 valence electrons. The first kappa shape index (κ1) is 37.8. The number of benzene rings is 1. The number of ether oxygens (including phenoxy) is 6. The van der Waals surface area contributed by atoms with E-state index in [1.807, 2.05) is 18.2 Å². The summed E-state index contributed by atoms with van der Waals surface area (Å²) in [5, 5.41) is 14.3. The highest BCUT2D eigenvalue weighted by Crippen LogP contribution is 2.22. The molecular weight excluding hydrogens is 564 g/mol. The molecule has 3 N–H and O–H groups in total. The maximum absolute atomic E-state index is 12.7. The molecule has 13 heteroatoms. The van der Waals surface area contributed by atoms with Crippen LogP contribution in [0.2, 0.25) is 0 Å². The summed E-state index contributed by atoms with van der Waals surface area (Å²) in [6.45, 7) is 12.4. The summed E-state index contributed by atoms with van der Waals surface area (Å²) >= 11 is 0. The van der Waals surface area contributed by atoms with Gasteiger partial charge in [0.1, 0.15) is 18.2 Å². The van der Waals surface area contributed by atoms with E-state index in [1.165, 1.54) is 0 Å². The number of carbonyl (C=O) groups is 4. The highest BCUT2D eigenvalue weighted by Gasteiger charge is 2.32. The van der Waals surface area contributed by atoms with Crippen LogP contribution in [0.4, 0.5) is 4.79 Å². The van der Waals surface area contributed by atoms with Crippen LogP contribution in [-0.4, -0.2) is 99.6 Å². The standard InChI is InChI=1S/C30H48N2O11/c1-29(2,3)25(27(35)36)41-19-18-40-17-16-39-15-14-38-13-12-31-26(34)23(32-28(37)43-30(4,5)6)20-24(33)42-21-22-10-8-7-9-11-22/h7-11,23,25H,12-21H2,1-6H3,(H,31,34)(H,32,37)(H,35,36)/t23-,25?/m0/s1. The van der Waals surface area contributed by atoms with Gasteiger partial charge in [-0.25, -0.2) is 9.59 Å². The van der Waals surface area contributed by atoms with E-state index >= 15 is 0 Å². The molecule has 0 aromatic heterocycles. The molecule has 0 aliphatic rings. The van der Waals surface area contributed by atoms with Crippen molar-refractivity contribution in [2.45, 2.75) is 72.3 Å². The molecule has 1 unspecified atom stereocenters. The Morgan fingerprint density at radius 3 is 1.91 bits per heavy atom. The lowest BCUT2D eigenvalue weighted by Gasteiger charge is -2.26. The lowest BCUT2D eigenvalue weighted by Crippen LogP contribution is -2.49. The summed E-state index contributed by atoms with van der Waals surface area (Å²) in [6.07, 6.45) is -2.12. The minimum atomic E-state index is -1.20. The number of alkyl carbamates (subject to hydrolysis) is 1. The van der Waals surface area contributed by atoms with Gasteiger partial charge in [-0.2, -0.15) is 0 Å². The summed E-state index contributed by atoms with van der Waals surface area (Å²) in [5.41, 5.74) is -0.511. The van der Waals surface area contributed by atoms with Crippen molar-refractivity contribution >= 4 is 23.9 Å². The zero-order valence-corrected chi connectivity index (χ0v) is 26.1. The van der Waals surface area contributed by atoms with Crippen molar-refractivity contribution in [3.8, 4) is 0 Å². The summed E-state index contributed by atoms with van der Waals surface area (Å²) in [5.74, 6) is -2.24. The lowest BCUT2D eigenvalue weighted by atomic mass is 9.89. The average Bonchev–Trinajstić information content (AvgIpc) is 2.90. The lowest BCUT2D eigenvalue weighted by molar-refractivity contribution is -0.159. The topological polar surface area (TPSA) is 168 Å². The molecule has 0 saturated carbocycles. The third-order valence-electron chi connectivity index (χ3n) is 5.43. The van der Waals surface area contributed by atoms with Crippen molar-refractivity contribution in [1.82, 2.24) is 10.6 Å². The van der Waals surface area contributed by atoms with E-state index in [-0.39, 0.29) is 46.0 Å². The number of carboxylic acid groups (broad SMARTS) is 1. The van der Waals surface area contributed by atoms with Gasteiger partial charge >= 0.3 is 18.0 Å². The van der Waals surface area contributed by atoms with Gasteiger partial charge in [0.2, 0.25) is 5.91 Å². The van der Waals surface area contributed by atoms with E-state index < -0.39 is 47.1 Å². The van der Waals surface area contributed by atoms with Gasteiger partial charge in [-0.3, -0.25) is 9.59 Å². The molecule has 13 nitrogen and oxygen atoms in total. The smallest absolute Gasteiger partial charge is 0.408 e. The van der Waals surface area contributed by atoms with Gasteiger partial charge in [0.15, 0.2) is 6.10 Å². The van der Waals surface area contributed by atoms with Crippen LogP contribution in [0.25, 0.3) is 0 Å². The summed E-state index contributed by atoms with van der Waals surface area (Å²) in [7, 11) is 0. The largest absolute Gasteiger partial charge is 0.479 e. The summed E-state index contributed by atoms with van der Waals surface area (Å²) in [4.78, 5) is 48.6. The van der Waals surface area contributed by atoms with Gasteiger partial charge in [-0.15, -0.1) is 0 Å². The molecule has 0 bridgehead atoms. The van der Waals surface area contributed by atoms with Gasteiger partial charge < -0.3 is 44.2 Å². The predicted molar refractivity (Wildman–Crippen MR) is 156 cm³/mol. The van der Waals surface area contributed by atoms with E-state index in [0.29, 0.717) is 19.8 Å². The SMILES string of the molecule is CC(C)(C)OC(=O)N[C@@H](CC(=O)OCc1ccccc1)C(=O)NCCOCCOCCOCCOC(C(=O)O)C(C)(C)C. The number of nitrogens with one attached hydrogen (secondary N) is 2. The van der Waals surface area contributed by atoms with Crippen LogP contribution in [0, 0.1) is 5.41 Å². The second-order valence-electron chi connectivity index (χ2n) is 11.6. The Labute approximate surface area is 253 Å². The molecule has 0 fully saturated rings. The number of hydrogen-bond donors (Lipinski definition) is 3. The van der Waals surface area contributed by atoms with E-state index in [1.54, 1.807) is 53.7 Å². The molecule has 0 radical (unpaired) electrons. The van der Waals surface area contributed by atoms with E-state index in [4.69, 9.17) is 28.4 Å². The molecule has 0 aliphatic heterocycles. The quantitative estimate of drug-likeness (QED) is 0.146. The van der Waals surface area contributed by atoms with Crippen molar-refractivity contribution in [3.05, 3.63) is 35.9 Å². The predicted octanol–water partition coefficient (Wildman–Crippen LogP) is 2.70. The van der Waals surface area contributed by atoms with Crippen LogP contribution in [0.5, 0.6) is 0 Å². The number of aliphatic carboxylic acids is 1. The highest BCUT2D eigenvalue weighted by atomic mass is 16.6. The number of amides is 2. The van der Waals surface area contributed by atoms with Crippen LogP contribution in [-0.2, 0) is 49.4 Å². The third kappa shape index (κ3) is 18.8. The molecule has 2 amide bonds. The Hall–Kier alpha value is -3.26. The number of hydrogen-bond acceptors (Lipinski definition) is 10. The maximum Gasteiger partial charge on any atom is 0.408 e. The fraction of sp³-hybridized carbons (Fsp3) is 0.667. The van der Waals surface area contributed by atoms with Crippen LogP contribution in [0.1, 0.15) is 53.5 Å². The van der Waals surface area contributed by atoms with E-state index in [9.17, 15) is 24.3 Å². The fourth-order valence-electron chi connectivity index (χ4n) is 3.45. The molecule has 0 aliphatic carbocycles. The number of esters is 1. The molecule has 1 rings (SSSR count). The molecule has 2 atom stereocenters. The maximum atomic E-state index is 12.7. The molecule has 0 saturated heterocycles. The van der Waals surface area contributed by atoms with E-state index in [0.717, 1.165) is 5.56 Å². The first-order chi connectivity index (χ1) is 20.2. The molecule has 0 spiro atoms. The summed E-state index contributed by atoms with van der Waals surface area (Å²) in [6, 6.07) is 7.89. The summed E-state index contributed by atoms with van der Waals surface area (Å²) < 4.78 is 32.1. The normalized spacial score (nSPS) is 13.1. The van der Waals surface area contributed by atoms with Gasteiger partial charge in [-0.1, -0.05) is 51.1 Å². The van der Waals surface area contributed by atoms with E-state index in [2.05, 4.69) is 10.6 Å². The van der Waals surface area contributed by atoms with Crippen LogP contribution >= 0.6 is 0 Å². The van der Waals surface area contributed by atoms with Gasteiger partial charge in [-0.05, 0) is 31.7 Å². The Balaban J connectivity index is 2.27. The van der Waals surface area contributed by atoms with Gasteiger partial charge in [0.05, 0.1) is 52.7 Å². The van der Waals surface area contributed by atoms with Crippen molar-refractivity contribution in [1.29, 1.82) is 0 Å². The van der Waals surface area contributed by atoms with Crippen LogP contribution in [0.3, 0.4) is 0 Å². The fourth-order valence-corrected chi connectivity index (χ4v) is 3.45. The average molecular weight is 613 g/mol. The molecule has 1 aromatic rings. The van der Waals surface area contributed by atoms with Gasteiger partial charge in [0, 0.05) is 6.54 Å². The minimum Gasteiger partial charge on any atom is -0.479 e. The first-order valence-electron chi connectivity index (χ1n) is 14.2. The Kier molecular flexibility index (Phi) is 17.4. The number of carboxylic acids is 1.